The number of benzene rings is 1. The van der Waals surface area contributed by atoms with Gasteiger partial charge in [0.05, 0.1) is 12.8 Å². The van der Waals surface area contributed by atoms with Gasteiger partial charge in [-0.25, -0.2) is 0 Å². The Hall–Kier alpha value is -1.55. The number of alkyl halides is 1. The average molecular weight is 350 g/mol. The average Bonchev–Trinajstić information content (AvgIpc) is 2.48. The Morgan fingerprint density at radius 2 is 1.95 bits per heavy atom. The van der Waals surface area contributed by atoms with Crippen molar-refractivity contribution in [2.75, 3.05) is 7.11 Å². The van der Waals surface area contributed by atoms with Crippen molar-refractivity contribution >= 4 is 15.9 Å². The molecule has 0 saturated heterocycles. The van der Waals surface area contributed by atoms with Crippen molar-refractivity contribution < 1.29 is 9.47 Å². The van der Waals surface area contributed by atoms with Crippen molar-refractivity contribution in [2.45, 2.75) is 32.7 Å². The lowest BCUT2D eigenvalue weighted by Gasteiger charge is -2.14. The molecule has 0 aliphatic carbocycles. The van der Waals surface area contributed by atoms with E-state index >= 15 is 0 Å². The van der Waals surface area contributed by atoms with Crippen molar-refractivity contribution in [1.29, 1.82) is 0 Å². The fraction of sp³-hybridized carbons (Fsp3) is 0.353. The lowest BCUT2D eigenvalue weighted by atomic mass is 10.1. The molecular formula is C17H20BrNO2. The van der Waals surface area contributed by atoms with Gasteiger partial charge in [0.2, 0.25) is 0 Å². The highest BCUT2D eigenvalue weighted by molar-refractivity contribution is 9.08. The summed E-state index contributed by atoms with van der Waals surface area (Å²) in [5.74, 6) is 1.77. The molecule has 0 spiro atoms. The van der Waals surface area contributed by atoms with E-state index in [2.05, 4.69) is 40.0 Å². The van der Waals surface area contributed by atoms with Gasteiger partial charge in [-0.1, -0.05) is 33.6 Å². The van der Waals surface area contributed by atoms with E-state index in [0.29, 0.717) is 6.61 Å². The molecule has 0 bridgehead atoms. The second kappa shape index (κ2) is 6.94. The van der Waals surface area contributed by atoms with E-state index in [1.165, 1.54) is 5.56 Å². The molecule has 2 rings (SSSR count). The highest BCUT2D eigenvalue weighted by Gasteiger charge is 2.11. The molecule has 112 valence electrons. The molecule has 3 nitrogen and oxygen atoms in total. The summed E-state index contributed by atoms with van der Waals surface area (Å²) in [6.07, 6.45) is 1.82. The van der Waals surface area contributed by atoms with Crippen LogP contribution in [0.2, 0.25) is 0 Å². The third-order valence-corrected chi connectivity index (χ3v) is 4.08. The number of hydrogen-bond donors (Lipinski definition) is 0. The molecule has 1 aromatic carbocycles. The van der Waals surface area contributed by atoms with Crippen LogP contribution in [0.15, 0.2) is 24.4 Å². The second-order valence-electron chi connectivity index (χ2n) is 5.08. The molecular weight excluding hydrogens is 330 g/mol. The van der Waals surface area contributed by atoms with Gasteiger partial charge in [-0.05, 0) is 26.8 Å². The number of ether oxygens (including phenoxy) is 2. The molecule has 0 aliphatic rings. The molecule has 1 heterocycles. The summed E-state index contributed by atoms with van der Waals surface area (Å²) >= 11 is 3.50. The van der Waals surface area contributed by atoms with E-state index < -0.39 is 0 Å². The SMILES string of the molecule is COc1c(C)cnc(COc2ccc(C)cc2CBr)c1C. The standard InChI is InChI=1S/C17H20BrNO2/c1-11-5-6-16(14(7-11)8-18)21-10-15-13(3)17(20-4)12(2)9-19-15/h5-7,9H,8,10H2,1-4H3. The first-order valence-electron chi connectivity index (χ1n) is 6.84. The molecule has 0 radical (unpaired) electrons. The third kappa shape index (κ3) is 3.56. The molecule has 0 saturated carbocycles. The van der Waals surface area contributed by atoms with Gasteiger partial charge in [-0.15, -0.1) is 0 Å². The Morgan fingerprint density at radius 1 is 1.19 bits per heavy atom. The molecule has 4 heteroatoms. The first-order valence-corrected chi connectivity index (χ1v) is 7.96. The van der Waals surface area contributed by atoms with Gasteiger partial charge in [-0.3, -0.25) is 4.98 Å². The van der Waals surface area contributed by atoms with Gasteiger partial charge in [-0.2, -0.15) is 0 Å². The molecule has 0 N–H and O–H groups in total. The summed E-state index contributed by atoms with van der Waals surface area (Å²) in [5.41, 5.74) is 5.34. The van der Waals surface area contributed by atoms with Crippen LogP contribution in [-0.4, -0.2) is 12.1 Å². The maximum absolute atomic E-state index is 5.94. The van der Waals surface area contributed by atoms with E-state index in [4.69, 9.17) is 9.47 Å². The lowest BCUT2D eigenvalue weighted by Crippen LogP contribution is -2.05. The largest absolute Gasteiger partial charge is 0.496 e. The normalized spacial score (nSPS) is 10.5. The summed E-state index contributed by atoms with van der Waals surface area (Å²) in [6.45, 7) is 6.52. The number of aromatic nitrogens is 1. The van der Waals surface area contributed by atoms with E-state index in [-0.39, 0.29) is 0 Å². The van der Waals surface area contributed by atoms with Crippen LogP contribution < -0.4 is 9.47 Å². The van der Waals surface area contributed by atoms with Crippen LogP contribution in [0, 0.1) is 20.8 Å². The molecule has 0 unspecified atom stereocenters. The Labute approximate surface area is 134 Å². The van der Waals surface area contributed by atoms with Gasteiger partial charge in [0, 0.05) is 28.2 Å². The van der Waals surface area contributed by atoms with Crippen LogP contribution in [0.1, 0.15) is 27.9 Å². The van der Waals surface area contributed by atoms with Crippen molar-refractivity contribution in [2.24, 2.45) is 0 Å². The molecule has 0 atom stereocenters. The zero-order chi connectivity index (χ0) is 15.4. The van der Waals surface area contributed by atoms with Gasteiger partial charge >= 0.3 is 0 Å². The zero-order valence-electron chi connectivity index (χ0n) is 12.9. The maximum Gasteiger partial charge on any atom is 0.131 e. The smallest absolute Gasteiger partial charge is 0.131 e. The van der Waals surface area contributed by atoms with Crippen molar-refractivity contribution in [3.63, 3.8) is 0 Å². The maximum atomic E-state index is 5.94. The number of aryl methyl sites for hydroxylation is 2. The summed E-state index contributed by atoms with van der Waals surface area (Å²) < 4.78 is 11.4. The van der Waals surface area contributed by atoms with Crippen LogP contribution >= 0.6 is 15.9 Å². The number of pyridine rings is 1. The summed E-state index contributed by atoms with van der Waals surface area (Å²) in [7, 11) is 1.68. The molecule has 0 fully saturated rings. The molecule has 1 aromatic heterocycles. The van der Waals surface area contributed by atoms with Crippen molar-refractivity contribution in [3.05, 3.63) is 52.3 Å². The summed E-state index contributed by atoms with van der Waals surface area (Å²) in [4.78, 5) is 4.46. The first-order chi connectivity index (χ1) is 10.1. The topological polar surface area (TPSA) is 31.4 Å². The Bertz CT molecular complexity index is 641. The minimum Gasteiger partial charge on any atom is -0.496 e. The van der Waals surface area contributed by atoms with Crippen LogP contribution in [0.5, 0.6) is 11.5 Å². The van der Waals surface area contributed by atoms with Crippen LogP contribution in [-0.2, 0) is 11.9 Å². The Kier molecular flexibility index (Phi) is 5.23. The fourth-order valence-corrected chi connectivity index (χ4v) is 2.75. The zero-order valence-corrected chi connectivity index (χ0v) is 14.5. The number of nitrogens with zero attached hydrogens (tertiary/aromatic N) is 1. The number of halogens is 1. The first kappa shape index (κ1) is 15.8. The lowest BCUT2D eigenvalue weighted by molar-refractivity contribution is 0.296. The van der Waals surface area contributed by atoms with Crippen LogP contribution in [0.3, 0.4) is 0 Å². The van der Waals surface area contributed by atoms with E-state index in [1.54, 1.807) is 7.11 Å². The van der Waals surface area contributed by atoms with E-state index in [1.807, 2.05) is 26.1 Å². The number of hydrogen-bond acceptors (Lipinski definition) is 3. The van der Waals surface area contributed by atoms with Crippen LogP contribution in [0.4, 0.5) is 0 Å². The van der Waals surface area contributed by atoms with Gasteiger partial charge in [0.15, 0.2) is 0 Å². The molecule has 0 amide bonds. The number of methoxy groups -OCH3 is 1. The summed E-state index contributed by atoms with van der Waals surface area (Å²) in [5, 5.41) is 0.771. The van der Waals surface area contributed by atoms with Gasteiger partial charge in [0.1, 0.15) is 18.1 Å². The van der Waals surface area contributed by atoms with Gasteiger partial charge < -0.3 is 9.47 Å². The van der Waals surface area contributed by atoms with E-state index in [0.717, 1.165) is 39.2 Å². The van der Waals surface area contributed by atoms with Crippen molar-refractivity contribution in [1.82, 2.24) is 4.98 Å². The molecule has 2 aromatic rings. The van der Waals surface area contributed by atoms with Gasteiger partial charge in [0.25, 0.3) is 0 Å². The Morgan fingerprint density at radius 3 is 2.62 bits per heavy atom. The Balaban J connectivity index is 2.21. The van der Waals surface area contributed by atoms with Crippen LogP contribution in [0.25, 0.3) is 0 Å². The predicted octanol–water partition coefficient (Wildman–Crippen LogP) is 4.49. The monoisotopic (exact) mass is 349 g/mol. The third-order valence-electron chi connectivity index (χ3n) is 3.47. The highest BCUT2D eigenvalue weighted by atomic mass is 79.9. The predicted molar refractivity (Wildman–Crippen MR) is 88.4 cm³/mol. The molecule has 0 aliphatic heterocycles. The fourth-order valence-electron chi connectivity index (χ4n) is 2.32. The molecule has 21 heavy (non-hydrogen) atoms. The number of rotatable bonds is 5. The minimum atomic E-state index is 0.436. The second-order valence-corrected chi connectivity index (χ2v) is 5.64. The minimum absolute atomic E-state index is 0.436. The quantitative estimate of drug-likeness (QED) is 0.745. The summed E-state index contributed by atoms with van der Waals surface area (Å²) in [6, 6.07) is 6.18. The van der Waals surface area contributed by atoms with E-state index in [9.17, 15) is 0 Å². The van der Waals surface area contributed by atoms with Crippen molar-refractivity contribution in [3.8, 4) is 11.5 Å². The highest BCUT2D eigenvalue weighted by Crippen LogP contribution is 2.27.